The van der Waals surface area contributed by atoms with Crippen molar-refractivity contribution in [2.24, 2.45) is 5.92 Å². The smallest absolute Gasteiger partial charge is 0.269 e. The van der Waals surface area contributed by atoms with E-state index in [4.69, 9.17) is 0 Å². The average molecular weight is 290 g/mol. The molecule has 3 rings (SSSR count). The third kappa shape index (κ3) is 3.24. The molecule has 114 valence electrons. The predicted octanol–water partition coefficient (Wildman–Crippen LogP) is 2.72. The number of nitrogens with zero attached hydrogens (tertiary/aromatic N) is 1. The third-order valence-electron chi connectivity index (χ3n) is 4.82. The number of rotatable bonds is 4. The molecule has 0 bridgehead atoms. The minimum absolute atomic E-state index is 0.142. The van der Waals surface area contributed by atoms with Gasteiger partial charge in [-0.25, -0.2) is 0 Å². The molecule has 0 spiro atoms. The van der Waals surface area contributed by atoms with Gasteiger partial charge < -0.3 is 10.4 Å². The molecule has 0 amide bonds. The first-order valence-electron chi connectivity index (χ1n) is 7.82. The molecule has 0 radical (unpaired) electrons. The van der Waals surface area contributed by atoms with Crippen molar-refractivity contribution in [3.63, 3.8) is 0 Å². The Morgan fingerprint density at radius 2 is 2.19 bits per heavy atom. The first-order chi connectivity index (χ1) is 10.1. The number of aryl methyl sites for hydroxylation is 1. The lowest BCUT2D eigenvalue weighted by Crippen LogP contribution is -2.29. The van der Waals surface area contributed by atoms with E-state index in [1.807, 2.05) is 6.07 Å². The van der Waals surface area contributed by atoms with E-state index in [9.17, 15) is 15.2 Å². The maximum absolute atomic E-state index is 11.0. The van der Waals surface area contributed by atoms with Crippen molar-refractivity contribution >= 4 is 5.69 Å². The van der Waals surface area contributed by atoms with Gasteiger partial charge in [-0.1, -0.05) is 6.07 Å². The summed E-state index contributed by atoms with van der Waals surface area (Å²) in [5.41, 5.74) is 2.50. The summed E-state index contributed by atoms with van der Waals surface area (Å²) in [5.74, 6) is 0.532. The maximum Gasteiger partial charge on any atom is 0.269 e. The fraction of sp³-hybridized carbons (Fsp3) is 0.625. The summed E-state index contributed by atoms with van der Waals surface area (Å²) in [4.78, 5) is 10.6. The van der Waals surface area contributed by atoms with Crippen molar-refractivity contribution < 1.29 is 10.0 Å². The van der Waals surface area contributed by atoms with Gasteiger partial charge in [-0.05, 0) is 62.1 Å². The van der Waals surface area contributed by atoms with Crippen LogP contribution in [0.5, 0.6) is 0 Å². The van der Waals surface area contributed by atoms with Gasteiger partial charge in [-0.3, -0.25) is 10.1 Å². The second kappa shape index (κ2) is 6.12. The summed E-state index contributed by atoms with van der Waals surface area (Å²) >= 11 is 0. The van der Waals surface area contributed by atoms with Crippen LogP contribution in [0.15, 0.2) is 18.2 Å². The van der Waals surface area contributed by atoms with Gasteiger partial charge in [0.05, 0.1) is 11.0 Å². The lowest BCUT2D eigenvalue weighted by atomic mass is 9.87. The second-order valence-corrected chi connectivity index (χ2v) is 6.33. The number of non-ortho nitro benzene ring substituents is 1. The molecule has 1 aromatic rings. The number of aliphatic hydroxyl groups excluding tert-OH is 1. The molecule has 0 aromatic heterocycles. The van der Waals surface area contributed by atoms with Crippen LogP contribution in [-0.2, 0) is 6.42 Å². The zero-order valence-electron chi connectivity index (χ0n) is 12.1. The highest BCUT2D eigenvalue weighted by atomic mass is 16.6. The summed E-state index contributed by atoms with van der Waals surface area (Å²) in [6.07, 6.45) is 5.87. The number of aliphatic hydroxyl groups is 1. The molecule has 2 N–H and O–H groups in total. The van der Waals surface area contributed by atoms with E-state index in [0.717, 1.165) is 50.6 Å². The molecule has 5 heteroatoms. The van der Waals surface area contributed by atoms with Crippen molar-refractivity contribution in [1.82, 2.24) is 5.32 Å². The van der Waals surface area contributed by atoms with Crippen LogP contribution in [0.1, 0.15) is 49.3 Å². The molecule has 0 saturated heterocycles. The summed E-state index contributed by atoms with van der Waals surface area (Å²) in [5, 5.41) is 24.1. The molecule has 1 saturated carbocycles. The van der Waals surface area contributed by atoms with Gasteiger partial charge in [0.2, 0.25) is 0 Å². The lowest BCUT2D eigenvalue weighted by molar-refractivity contribution is -0.385. The third-order valence-corrected chi connectivity index (χ3v) is 4.82. The Labute approximate surface area is 124 Å². The molecule has 21 heavy (non-hydrogen) atoms. The molecule has 2 aliphatic rings. The minimum Gasteiger partial charge on any atom is -0.393 e. The van der Waals surface area contributed by atoms with E-state index in [0.29, 0.717) is 5.92 Å². The van der Waals surface area contributed by atoms with Gasteiger partial charge in [0.25, 0.3) is 5.69 Å². The molecule has 2 aliphatic carbocycles. The SMILES string of the molecule is O=[N+]([O-])c1ccc2c(c1)[C@H](NC[C@@H]1CC[C@H](O)C1)CCC2. The number of nitrogens with one attached hydrogen (secondary N) is 1. The van der Waals surface area contributed by atoms with Crippen molar-refractivity contribution in [1.29, 1.82) is 0 Å². The van der Waals surface area contributed by atoms with Gasteiger partial charge in [-0.15, -0.1) is 0 Å². The summed E-state index contributed by atoms with van der Waals surface area (Å²) in [7, 11) is 0. The van der Waals surface area contributed by atoms with Gasteiger partial charge >= 0.3 is 0 Å². The number of hydrogen-bond donors (Lipinski definition) is 2. The van der Waals surface area contributed by atoms with Crippen molar-refractivity contribution in [3.8, 4) is 0 Å². The van der Waals surface area contributed by atoms with Crippen LogP contribution < -0.4 is 5.32 Å². The molecule has 0 aliphatic heterocycles. The van der Waals surface area contributed by atoms with Crippen molar-refractivity contribution in [2.45, 2.75) is 50.7 Å². The summed E-state index contributed by atoms with van der Waals surface area (Å²) in [6.45, 7) is 0.893. The predicted molar refractivity (Wildman–Crippen MR) is 80.1 cm³/mol. The minimum atomic E-state index is -0.320. The topological polar surface area (TPSA) is 75.4 Å². The Hall–Kier alpha value is -1.46. The fourth-order valence-corrected chi connectivity index (χ4v) is 3.65. The van der Waals surface area contributed by atoms with E-state index in [2.05, 4.69) is 5.32 Å². The molecule has 1 fully saturated rings. The number of hydrogen-bond acceptors (Lipinski definition) is 4. The second-order valence-electron chi connectivity index (χ2n) is 6.33. The maximum atomic E-state index is 11.0. The van der Waals surface area contributed by atoms with E-state index in [-0.39, 0.29) is 22.8 Å². The molecular weight excluding hydrogens is 268 g/mol. The Kier molecular flexibility index (Phi) is 4.22. The van der Waals surface area contributed by atoms with E-state index >= 15 is 0 Å². The first-order valence-corrected chi connectivity index (χ1v) is 7.82. The van der Waals surface area contributed by atoms with Gasteiger partial charge in [0.1, 0.15) is 0 Å². The number of nitro groups is 1. The zero-order chi connectivity index (χ0) is 14.8. The lowest BCUT2D eigenvalue weighted by Gasteiger charge is -2.27. The number of nitro benzene ring substituents is 1. The number of benzene rings is 1. The average Bonchev–Trinajstić information content (AvgIpc) is 2.90. The molecule has 0 unspecified atom stereocenters. The van der Waals surface area contributed by atoms with E-state index < -0.39 is 0 Å². The van der Waals surface area contributed by atoms with E-state index in [1.54, 1.807) is 12.1 Å². The van der Waals surface area contributed by atoms with Crippen LogP contribution in [0.25, 0.3) is 0 Å². The highest BCUT2D eigenvalue weighted by molar-refractivity contribution is 5.42. The number of fused-ring (bicyclic) bond motifs is 1. The molecular formula is C16H22N2O3. The van der Waals surface area contributed by atoms with Crippen molar-refractivity contribution in [3.05, 3.63) is 39.4 Å². The fourth-order valence-electron chi connectivity index (χ4n) is 3.65. The normalized spacial score (nSPS) is 28.3. The van der Waals surface area contributed by atoms with Crippen LogP contribution in [0.2, 0.25) is 0 Å². The Bertz CT molecular complexity index is 532. The summed E-state index contributed by atoms with van der Waals surface area (Å²) < 4.78 is 0. The summed E-state index contributed by atoms with van der Waals surface area (Å²) in [6, 6.07) is 5.46. The van der Waals surface area contributed by atoms with Gasteiger partial charge in [0.15, 0.2) is 0 Å². The van der Waals surface area contributed by atoms with Crippen LogP contribution in [0.4, 0.5) is 5.69 Å². The van der Waals surface area contributed by atoms with Gasteiger partial charge in [-0.2, -0.15) is 0 Å². The largest absolute Gasteiger partial charge is 0.393 e. The van der Waals surface area contributed by atoms with Gasteiger partial charge in [0, 0.05) is 18.2 Å². The van der Waals surface area contributed by atoms with Crippen LogP contribution in [0, 0.1) is 16.0 Å². The van der Waals surface area contributed by atoms with Crippen LogP contribution in [0.3, 0.4) is 0 Å². The molecule has 1 aromatic carbocycles. The highest BCUT2D eigenvalue weighted by Gasteiger charge is 2.26. The Morgan fingerprint density at radius 1 is 1.33 bits per heavy atom. The molecule has 3 atom stereocenters. The first kappa shape index (κ1) is 14.5. The quantitative estimate of drug-likeness (QED) is 0.660. The monoisotopic (exact) mass is 290 g/mol. The molecule has 0 heterocycles. The highest BCUT2D eigenvalue weighted by Crippen LogP contribution is 2.33. The zero-order valence-corrected chi connectivity index (χ0v) is 12.1. The van der Waals surface area contributed by atoms with Crippen LogP contribution in [-0.4, -0.2) is 22.7 Å². The standard InChI is InChI=1S/C16H22N2O3/c19-14-7-4-11(8-14)10-17-16-3-1-2-12-5-6-13(18(20)21)9-15(12)16/h5-6,9,11,14,16-17,19H,1-4,7-8,10H2/t11-,14+,16-/m1/s1. The van der Waals surface area contributed by atoms with Crippen LogP contribution >= 0.6 is 0 Å². The van der Waals surface area contributed by atoms with Crippen molar-refractivity contribution in [2.75, 3.05) is 6.54 Å². The molecule has 5 nitrogen and oxygen atoms in total. The Morgan fingerprint density at radius 3 is 2.90 bits per heavy atom. The van der Waals surface area contributed by atoms with E-state index in [1.165, 1.54) is 5.56 Å². The Balaban J connectivity index is 1.70.